The molecule has 1 N–H and O–H groups in total. The van der Waals surface area contributed by atoms with Gasteiger partial charge in [0.05, 0.1) is 18.9 Å². The Hall–Kier alpha value is -1.45. The van der Waals surface area contributed by atoms with E-state index in [1.807, 2.05) is 0 Å². The van der Waals surface area contributed by atoms with Crippen LogP contribution in [0.15, 0.2) is 6.07 Å². The summed E-state index contributed by atoms with van der Waals surface area (Å²) in [6.45, 7) is 0.835. The summed E-state index contributed by atoms with van der Waals surface area (Å²) in [6, 6.07) is 1.35. The minimum atomic E-state index is -4.66. The molecule has 6 nitrogen and oxygen atoms in total. The second kappa shape index (κ2) is 6.81. The monoisotopic (exact) mass is 348 g/mol. The van der Waals surface area contributed by atoms with Crippen LogP contribution in [0.2, 0.25) is 0 Å². The summed E-state index contributed by atoms with van der Waals surface area (Å²) in [5.41, 5.74) is 0.101. The van der Waals surface area contributed by atoms with Gasteiger partial charge in [-0.25, -0.2) is 4.98 Å². The Bertz CT molecular complexity index is 566. The lowest BCUT2D eigenvalue weighted by Gasteiger charge is -2.35. The number of aliphatic hydroxyl groups excluding tert-OH is 1. The van der Waals surface area contributed by atoms with Gasteiger partial charge in [-0.15, -0.1) is 0 Å². The maximum Gasteiger partial charge on any atom is 0.451 e. The number of nitrogens with zero attached hydrogens (tertiary/aromatic N) is 2. The summed E-state index contributed by atoms with van der Waals surface area (Å²) in [4.78, 5) is 6.90. The van der Waals surface area contributed by atoms with E-state index in [1.54, 1.807) is 0 Å². The third kappa shape index (κ3) is 3.96. The van der Waals surface area contributed by atoms with E-state index in [9.17, 15) is 13.2 Å². The second-order valence-corrected chi connectivity index (χ2v) is 5.92. The molecule has 1 aromatic rings. The predicted molar refractivity (Wildman–Crippen MR) is 75.3 cm³/mol. The zero-order chi connectivity index (χ0) is 17.2. The number of rotatable bonds is 4. The van der Waals surface area contributed by atoms with Gasteiger partial charge in [0, 0.05) is 31.9 Å². The maximum atomic E-state index is 12.9. The topological polar surface area (TPSA) is 73.7 Å². The van der Waals surface area contributed by atoms with Crippen LogP contribution in [-0.4, -0.2) is 46.8 Å². The van der Waals surface area contributed by atoms with E-state index in [2.05, 4.69) is 9.97 Å². The molecule has 1 saturated carbocycles. The van der Waals surface area contributed by atoms with Gasteiger partial charge in [0.1, 0.15) is 6.10 Å². The van der Waals surface area contributed by atoms with E-state index < -0.39 is 17.8 Å². The van der Waals surface area contributed by atoms with Crippen LogP contribution in [0.5, 0.6) is 5.88 Å². The molecule has 1 aliphatic carbocycles. The Morgan fingerprint density at radius 1 is 1.21 bits per heavy atom. The standard InChI is InChI=1S/C15H19F3N2O4/c16-15(17,18)13-19-10(3-6-21)9-12(20-13)24-11-1-4-14(5-2-11)22-7-8-23-14/h9,11,21H,1-8H2. The maximum absolute atomic E-state index is 12.9. The van der Waals surface area contributed by atoms with Gasteiger partial charge in [-0.2, -0.15) is 18.2 Å². The minimum absolute atomic E-state index is 0.0113. The highest BCUT2D eigenvalue weighted by Gasteiger charge is 2.41. The number of hydrogen-bond donors (Lipinski definition) is 1. The van der Waals surface area contributed by atoms with Crippen molar-refractivity contribution in [3.8, 4) is 5.88 Å². The summed E-state index contributed by atoms with van der Waals surface area (Å²) >= 11 is 0. The molecule has 1 saturated heterocycles. The molecular formula is C15H19F3N2O4. The number of halogens is 3. The van der Waals surface area contributed by atoms with Gasteiger partial charge in [-0.3, -0.25) is 0 Å². The second-order valence-electron chi connectivity index (χ2n) is 5.92. The van der Waals surface area contributed by atoms with Gasteiger partial charge in [0.2, 0.25) is 11.7 Å². The van der Waals surface area contributed by atoms with Crippen molar-refractivity contribution in [1.29, 1.82) is 0 Å². The lowest BCUT2D eigenvalue weighted by molar-refractivity contribution is -0.186. The SMILES string of the molecule is OCCc1cc(OC2CCC3(CC2)OCCO3)nc(C(F)(F)F)n1. The molecule has 0 bridgehead atoms. The molecule has 2 fully saturated rings. The molecular weight excluding hydrogens is 329 g/mol. The molecule has 0 amide bonds. The van der Waals surface area contributed by atoms with Crippen LogP contribution in [0, 0.1) is 0 Å². The van der Waals surface area contributed by atoms with E-state index in [4.69, 9.17) is 19.3 Å². The lowest BCUT2D eigenvalue weighted by atomic mass is 9.92. The predicted octanol–water partition coefficient (Wildman–Crippen LogP) is 2.09. The highest BCUT2D eigenvalue weighted by atomic mass is 19.4. The van der Waals surface area contributed by atoms with Crippen molar-refractivity contribution in [2.75, 3.05) is 19.8 Å². The van der Waals surface area contributed by atoms with E-state index in [0.717, 1.165) is 0 Å². The quantitative estimate of drug-likeness (QED) is 0.898. The van der Waals surface area contributed by atoms with E-state index in [0.29, 0.717) is 38.9 Å². The Morgan fingerprint density at radius 2 is 1.88 bits per heavy atom. The fraction of sp³-hybridized carbons (Fsp3) is 0.733. The number of aromatic nitrogens is 2. The smallest absolute Gasteiger partial charge is 0.451 e. The van der Waals surface area contributed by atoms with Crippen molar-refractivity contribution in [1.82, 2.24) is 9.97 Å². The van der Waals surface area contributed by atoms with E-state index >= 15 is 0 Å². The molecule has 3 rings (SSSR count). The van der Waals surface area contributed by atoms with Crippen molar-refractivity contribution in [2.45, 2.75) is 50.2 Å². The van der Waals surface area contributed by atoms with Gasteiger partial charge in [0.15, 0.2) is 5.79 Å². The molecule has 2 heterocycles. The highest BCUT2D eigenvalue weighted by molar-refractivity contribution is 5.18. The summed E-state index contributed by atoms with van der Waals surface area (Å²) in [5.74, 6) is -1.92. The van der Waals surface area contributed by atoms with Crippen LogP contribution in [0.3, 0.4) is 0 Å². The van der Waals surface area contributed by atoms with Gasteiger partial charge in [-0.05, 0) is 12.8 Å². The third-order valence-corrected chi connectivity index (χ3v) is 4.17. The molecule has 9 heteroatoms. The summed E-state index contributed by atoms with van der Waals surface area (Å²) < 4.78 is 55.5. The first kappa shape index (κ1) is 17.4. The normalized spacial score (nSPS) is 21.3. The molecule has 2 aliphatic rings. The molecule has 0 atom stereocenters. The summed E-state index contributed by atoms with van der Waals surface area (Å²) in [6.07, 6.45) is -2.40. The van der Waals surface area contributed by atoms with Crippen molar-refractivity contribution in [3.05, 3.63) is 17.6 Å². The van der Waals surface area contributed by atoms with Crippen LogP contribution in [0.4, 0.5) is 13.2 Å². The average Bonchev–Trinajstić information content (AvgIpc) is 2.98. The largest absolute Gasteiger partial charge is 0.474 e. The molecule has 1 spiro atoms. The third-order valence-electron chi connectivity index (χ3n) is 4.17. The number of aliphatic hydroxyl groups is 1. The Labute approximate surface area is 137 Å². The first-order valence-electron chi connectivity index (χ1n) is 7.91. The molecule has 0 radical (unpaired) electrons. The fourth-order valence-electron chi connectivity index (χ4n) is 3.01. The Kier molecular flexibility index (Phi) is 4.93. The van der Waals surface area contributed by atoms with E-state index in [1.165, 1.54) is 6.07 Å². The van der Waals surface area contributed by atoms with Crippen LogP contribution >= 0.6 is 0 Å². The van der Waals surface area contributed by atoms with Gasteiger partial charge in [-0.1, -0.05) is 0 Å². The van der Waals surface area contributed by atoms with Crippen molar-refractivity contribution in [2.24, 2.45) is 0 Å². The Balaban J connectivity index is 1.69. The van der Waals surface area contributed by atoms with Crippen LogP contribution in [0.25, 0.3) is 0 Å². The number of hydrogen-bond acceptors (Lipinski definition) is 6. The van der Waals surface area contributed by atoms with Crippen LogP contribution < -0.4 is 4.74 Å². The van der Waals surface area contributed by atoms with E-state index in [-0.39, 0.29) is 30.7 Å². The minimum Gasteiger partial charge on any atom is -0.474 e. The molecule has 24 heavy (non-hydrogen) atoms. The highest BCUT2D eigenvalue weighted by Crippen LogP contribution is 2.37. The Morgan fingerprint density at radius 3 is 2.46 bits per heavy atom. The van der Waals surface area contributed by atoms with Crippen LogP contribution in [0.1, 0.15) is 37.2 Å². The average molecular weight is 348 g/mol. The van der Waals surface area contributed by atoms with Crippen LogP contribution in [-0.2, 0) is 22.1 Å². The number of alkyl halides is 3. The van der Waals surface area contributed by atoms with Crippen molar-refractivity contribution < 1.29 is 32.5 Å². The summed E-state index contributed by atoms with van der Waals surface area (Å²) in [5, 5.41) is 8.93. The molecule has 0 unspecified atom stereocenters. The lowest BCUT2D eigenvalue weighted by Crippen LogP contribution is -2.38. The molecule has 134 valence electrons. The summed E-state index contributed by atoms with van der Waals surface area (Å²) in [7, 11) is 0. The van der Waals surface area contributed by atoms with Crippen molar-refractivity contribution in [3.63, 3.8) is 0 Å². The van der Waals surface area contributed by atoms with Gasteiger partial charge < -0.3 is 19.3 Å². The zero-order valence-corrected chi connectivity index (χ0v) is 13.0. The molecule has 1 aliphatic heterocycles. The van der Waals surface area contributed by atoms with Gasteiger partial charge in [0.25, 0.3) is 0 Å². The molecule has 1 aromatic heterocycles. The first-order chi connectivity index (χ1) is 11.4. The van der Waals surface area contributed by atoms with Gasteiger partial charge >= 0.3 is 6.18 Å². The first-order valence-corrected chi connectivity index (χ1v) is 7.91. The zero-order valence-electron chi connectivity index (χ0n) is 13.0. The fourth-order valence-corrected chi connectivity index (χ4v) is 3.01. The molecule has 0 aromatic carbocycles. The van der Waals surface area contributed by atoms with Crippen molar-refractivity contribution >= 4 is 0 Å². The number of ether oxygens (including phenoxy) is 3.